The summed E-state index contributed by atoms with van der Waals surface area (Å²) in [5.41, 5.74) is 6.55. The molecule has 0 spiro atoms. The summed E-state index contributed by atoms with van der Waals surface area (Å²) in [6.45, 7) is 1.82. The molecule has 0 aliphatic carbocycles. The van der Waals surface area contributed by atoms with Crippen molar-refractivity contribution in [2.45, 2.75) is 12.1 Å². The van der Waals surface area contributed by atoms with Crippen molar-refractivity contribution in [3.05, 3.63) is 35.7 Å². The van der Waals surface area contributed by atoms with E-state index in [4.69, 9.17) is 11.0 Å². The molecule has 1 aromatic heterocycles. The van der Waals surface area contributed by atoms with Crippen LogP contribution in [0.2, 0.25) is 0 Å². The lowest BCUT2D eigenvalue weighted by Crippen LogP contribution is -2.13. The van der Waals surface area contributed by atoms with Gasteiger partial charge in [0.25, 0.3) is 0 Å². The van der Waals surface area contributed by atoms with E-state index in [9.17, 15) is 4.79 Å². The van der Waals surface area contributed by atoms with E-state index in [1.54, 1.807) is 12.1 Å². The van der Waals surface area contributed by atoms with Gasteiger partial charge in [-0.05, 0) is 31.2 Å². The van der Waals surface area contributed by atoms with Crippen LogP contribution in [0, 0.1) is 18.3 Å². The number of aromatic nitrogens is 3. The molecule has 0 fully saturated rings. The van der Waals surface area contributed by atoms with Crippen LogP contribution < -0.4 is 5.73 Å². The zero-order chi connectivity index (χ0) is 13.8. The summed E-state index contributed by atoms with van der Waals surface area (Å²) in [6, 6.07) is 9.12. The third-order valence-corrected chi connectivity index (χ3v) is 3.34. The highest BCUT2D eigenvalue weighted by Gasteiger charge is 2.12. The van der Waals surface area contributed by atoms with Crippen molar-refractivity contribution in [1.29, 1.82) is 5.26 Å². The Morgan fingerprint density at radius 3 is 2.68 bits per heavy atom. The molecule has 2 rings (SSSR count). The summed E-state index contributed by atoms with van der Waals surface area (Å²) < 4.78 is 1.81. The molecule has 0 saturated carbocycles. The topological polar surface area (TPSA) is 97.6 Å². The predicted molar refractivity (Wildman–Crippen MR) is 70.7 cm³/mol. The molecule has 7 heteroatoms. The maximum Gasteiger partial charge on any atom is 0.227 e. The summed E-state index contributed by atoms with van der Waals surface area (Å²) >= 11 is 1.23. The first kappa shape index (κ1) is 13.1. The molecule has 0 atom stereocenters. The number of amides is 1. The number of thioether (sulfide) groups is 1. The summed E-state index contributed by atoms with van der Waals surface area (Å²) in [7, 11) is 0. The van der Waals surface area contributed by atoms with Crippen LogP contribution in [0.15, 0.2) is 29.4 Å². The van der Waals surface area contributed by atoms with E-state index in [2.05, 4.69) is 16.3 Å². The monoisotopic (exact) mass is 273 g/mol. The van der Waals surface area contributed by atoms with E-state index >= 15 is 0 Å². The average molecular weight is 273 g/mol. The molecule has 0 unspecified atom stereocenters. The number of carbonyl (C=O) groups excluding carboxylic acids is 1. The first-order chi connectivity index (χ1) is 9.11. The molecule has 0 bridgehead atoms. The minimum absolute atomic E-state index is 0.147. The second-order valence-corrected chi connectivity index (χ2v) is 4.72. The van der Waals surface area contributed by atoms with Crippen molar-refractivity contribution >= 4 is 17.7 Å². The summed E-state index contributed by atoms with van der Waals surface area (Å²) in [5, 5.41) is 17.4. The largest absolute Gasteiger partial charge is 0.369 e. The number of nitrogens with zero attached hydrogens (tertiary/aromatic N) is 4. The minimum Gasteiger partial charge on any atom is -0.369 e. The third kappa shape index (κ3) is 2.92. The Balaban J connectivity index is 2.34. The van der Waals surface area contributed by atoms with Gasteiger partial charge in [0.05, 0.1) is 17.4 Å². The predicted octanol–water partition coefficient (Wildman–Crippen LogP) is 1.02. The lowest BCUT2D eigenvalue weighted by Gasteiger charge is -2.07. The van der Waals surface area contributed by atoms with Gasteiger partial charge in [-0.1, -0.05) is 11.8 Å². The molecule has 0 radical (unpaired) electrons. The molecule has 2 aromatic rings. The average Bonchev–Trinajstić information content (AvgIpc) is 2.78. The quantitative estimate of drug-likeness (QED) is 0.839. The first-order valence-electron chi connectivity index (χ1n) is 5.45. The normalized spacial score (nSPS) is 10.1. The van der Waals surface area contributed by atoms with Gasteiger partial charge in [-0.15, -0.1) is 10.2 Å². The highest BCUT2D eigenvalue weighted by molar-refractivity contribution is 7.99. The van der Waals surface area contributed by atoms with Crippen LogP contribution in [0.25, 0.3) is 5.69 Å². The molecule has 1 aromatic carbocycles. The van der Waals surface area contributed by atoms with Gasteiger partial charge in [-0.25, -0.2) is 0 Å². The molecular weight excluding hydrogens is 262 g/mol. The fraction of sp³-hybridized carbons (Fsp3) is 0.167. The molecule has 1 amide bonds. The van der Waals surface area contributed by atoms with E-state index in [1.807, 2.05) is 23.6 Å². The number of hydrogen-bond acceptors (Lipinski definition) is 5. The maximum absolute atomic E-state index is 10.8. The number of aryl methyl sites for hydroxylation is 1. The van der Waals surface area contributed by atoms with Crippen molar-refractivity contribution in [2.24, 2.45) is 5.73 Å². The van der Waals surface area contributed by atoms with Crippen molar-refractivity contribution < 1.29 is 4.79 Å². The van der Waals surface area contributed by atoms with Crippen LogP contribution >= 0.6 is 11.8 Å². The Morgan fingerprint density at radius 2 is 2.11 bits per heavy atom. The number of rotatable bonds is 4. The third-order valence-electron chi connectivity index (χ3n) is 2.39. The van der Waals surface area contributed by atoms with Crippen molar-refractivity contribution in [1.82, 2.24) is 14.8 Å². The van der Waals surface area contributed by atoms with Gasteiger partial charge in [-0.3, -0.25) is 9.36 Å². The van der Waals surface area contributed by atoms with E-state index in [0.717, 1.165) is 5.69 Å². The number of carbonyl (C=O) groups is 1. The lowest BCUT2D eigenvalue weighted by molar-refractivity contribution is -0.115. The molecule has 1 heterocycles. The second-order valence-electron chi connectivity index (χ2n) is 3.78. The van der Waals surface area contributed by atoms with Gasteiger partial charge in [0.15, 0.2) is 5.16 Å². The van der Waals surface area contributed by atoms with Crippen LogP contribution in [0.1, 0.15) is 11.4 Å². The molecule has 19 heavy (non-hydrogen) atoms. The molecule has 0 saturated heterocycles. The SMILES string of the molecule is Cc1nnc(SCC(N)=O)n1-c1ccc(C#N)cc1. The van der Waals surface area contributed by atoms with Gasteiger partial charge < -0.3 is 5.73 Å². The summed E-state index contributed by atoms with van der Waals surface area (Å²) in [4.78, 5) is 10.8. The second kappa shape index (κ2) is 5.54. The zero-order valence-corrected chi connectivity index (χ0v) is 11.0. The Morgan fingerprint density at radius 1 is 1.42 bits per heavy atom. The van der Waals surface area contributed by atoms with E-state index in [0.29, 0.717) is 16.5 Å². The molecule has 0 aliphatic heterocycles. The van der Waals surface area contributed by atoms with Crippen LogP contribution in [-0.4, -0.2) is 26.4 Å². The summed E-state index contributed by atoms with van der Waals surface area (Å²) in [5.74, 6) is 0.447. The number of nitriles is 1. The Hall–Kier alpha value is -2.33. The van der Waals surface area contributed by atoms with Crippen LogP contribution in [0.4, 0.5) is 0 Å². The number of hydrogen-bond donors (Lipinski definition) is 1. The van der Waals surface area contributed by atoms with E-state index in [-0.39, 0.29) is 5.75 Å². The zero-order valence-electron chi connectivity index (χ0n) is 10.2. The number of primary amides is 1. The fourth-order valence-electron chi connectivity index (χ4n) is 1.55. The minimum atomic E-state index is -0.406. The fourth-order valence-corrected chi connectivity index (χ4v) is 2.29. The smallest absolute Gasteiger partial charge is 0.227 e. The van der Waals surface area contributed by atoms with Crippen molar-refractivity contribution in [3.63, 3.8) is 0 Å². The Bertz CT molecular complexity index is 641. The number of nitrogens with two attached hydrogens (primary N) is 1. The van der Waals surface area contributed by atoms with Crippen molar-refractivity contribution in [2.75, 3.05) is 5.75 Å². The number of benzene rings is 1. The molecule has 6 nitrogen and oxygen atoms in total. The van der Waals surface area contributed by atoms with Crippen LogP contribution in [0.5, 0.6) is 0 Å². The van der Waals surface area contributed by atoms with Crippen LogP contribution in [0.3, 0.4) is 0 Å². The standard InChI is InChI=1S/C12H11N5OS/c1-8-15-16-12(19-7-11(14)18)17(8)10-4-2-9(6-13)3-5-10/h2-5H,7H2,1H3,(H2,14,18). The van der Waals surface area contributed by atoms with Crippen LogP contribution in [-0.2, 0) is 4.79 Å². The van der Waals surface area contributed by atoms with Crippen molar-refractivity contribution in [3.8, 4) is 11.8 Å². The highest BCUT2D eigenvalue weighted by Crippen LogP contribution is 2.21. The van der Waals surface area contributed by atoms with Gasteiger partial charge in [-0.2, -0.15) is 5.26 Å². The molecular formula is C12H11N5OS. The summed E-state index contributed by atoms with van der Waals surface area (Å²) in [6.07, 6.45) is 0. The molecule has 0 aliphatic rings. The van der Waals surface area contributed by atoms with E-state index in [1.165, 1.54) is 11.8 Å². The Labute approximate surface area is 114 Å². The maximum atomic E-state index is 10.8. The Kier molecular flexibility index (Phi) is 3.82. The van der Waals surface area contributed by atoms with Gasteiger partial charge in [0, 0.05) is 5.69 Å². The van der Waals surface area contributed by atoms with Gasteiger partial charge >= 0.3 is 0 Å². The first-order valence-corrected chi connectivity index (χ1v) is 6.44. The molecule has 2 N–H and O–H groups in total. The lowest BCUT2D eigenvalue weighted by atomic mass is 10.2. The highest BCUT2D eigenvalue weighted by atomic mass is 32.2. The van der Waals surface area contributed by atoms with Gasteiger partial charge in [0.2, 0.25) is 5.91 Å². The van der Waals surface area contributed by atoms with Gasteiger partial charge in [0.1, 0.15) is 5.82 Å². The molecule has 96 valence electrons. The van der Waals surface area contributed by atoms with E-state index < -0.39 is 5.91 Å².